The van der Waals surface area contributed by atoms with E-state index in [1.165, 1.54) is 0 Å². The first-order valence-electron chi connectivity index (χ1n) is 5.30. The molecule has 0 spiro atoms. The fraction of sp³-hybridized carbons (Fsp3) is 0.0769. The first-order valence-corrected chi connectivity index (χ1v) is 6.43. The molecule has 6 heteroatoms. The highest BCUT2D eigenvalue weighted by atomic mass is 35.5. The fourth-order valence-electron chi connectivity index (χ4n) is 1.60. The van der Waals surface area contributed by atoms with E-state index in [2.05, 4.69) is 4.98 Å². The SMILES string of the molecule is N#CCc1nc(-c2cc(Cl)c(Cl)cc2Cl)ccc1N. The van der Waals surface area contributed by atoms with Crippen LogP contribution >= 0.6 is 34.8 Å². The lowest BCUT2D eigenvalue weighted by atomic mass is 10.1. The number of nitrogens with two attached hydrogens (primary N) is 1. The first-order chi connectivity index (χ1) is 9.02. The highest BCUT2D eigenvalue weighted by Crippen LogP contribution is 2.34. The molecular formula is C13H8Cl3N3. The Kier molecular flexibility index (Phi) is 4.16. The van der Waals surface area contributed by atoms with E-state index in [-0.39, 0.29) is 6.42 Å². The number of pyridine rings is 1. The molecule has 3 nitrogen and oxygen atoms in total. The summed E-state index contributed by atoms with van der Waals surface area (Å²) in [6.45, 7) is 0. The largest absolute Gasteiger partial charge is 0.397 e. The van der Waals surface area contributed by atoms with Gasteiger partial charge < -0.3 is 5.73 Å². The van der Waals surface area contributed by atoms with Crippen molar-refractivity contribution in [2.75, 3.05) is 5.73 Å². The number of rotatable bonds is 2. The Morgan fingerprint density at radius 2 is 1.79 bits per heavy atom. The molecule has 0 aliphatic heterocycles. The van der Waals surface area contributed by atoms with Gasteiger partial charge in [0.25, 0.3) is 0 Å². The van der Waals surface area contributed by atoms with Crippen molar-refractivity contribution in [3.8, 4) is 17.3 Å². The number of anilines is 1. The van der Waals surface area contributed by atoms with Gasteiger partial charge in [0.1, 0.15) is 0 Å². The number of aromatic nitrogens is 1. The molecule has 0 atom stereocenters. The van der Waals surface area contributed by atoms with Gasteiger partial charge in [-0.25, -0.2) is 4.98 Å². The Hall–Kier alpha value is -1.47. The second-order valence-electron chi connectivity index (χ2n) is 3.81. The predicted molar refractivity (Wildman–Crippen MR) is 78.4 cm³/mol. The topological polar surface area (TPSA) is 62.7 Å². The van der Waals surface area contributed by atoms with Crippen LogP contribution in [0.2, 0.25) is 15.1 Å². The molecule has 1 heterocycles. The lowest BCUT2D eigenvalue weighted by molar-refractivity contribution is 1.12. The van der Waals surface area contributed by atoms with E-state index in [0.29, 0.717) is 37.7 Å². The number of nitriles is 1. The minimum absolute atomic E-state index is 0.138. The second-order valence-corrected chi connectivity index (χ2v) is 5.04. The van der Waals surface area contributed by atoms with Crippen molar-refractivity contribution in [3.63, 3.8) is 0 Å². The van der Waals surface area contributed by atoms with E-state index >= 15 is 0 Å². The monoisotopic (exact) mass is 311 g/mol. The summed E-state index contributed by atoms with van der Waals surface area (Å²) in [5.41, 5.74) is 7.99. The third kappa shape index (κ3) is 2.93. The Balaban J connectivity index is 2.57. The quantitative estimate of drug-likeness (QED) is 0.838. The number of nitrogen functional groups attached to an aromatic ring is 1. The van der Waals surface area contributed by atoms with Gasteiger partial charge >= 0.3 is 0 Å². The standard InChI is InChI=1S/C13H8Cl3N3/c14-8-6-10(16)9(15)5-7(8)12-2-1-11(18)13(19-12)3-4-17/h1-2,5-6H,3,18H2. The van der Waals surface area contributed by atoms with E-state index in [0.717, 1.165) is 0 Å². The summed E-state index contributed by atoms with van der Waals surface area (Å²) in [5, 5.41) is 9.94. The maximum atomic E-state index is 8.73. The third-order valence-electron chi connectivity index (χ3n) is 2.54. The lowest BCUT2D eigenvalue weighted by Gasteiger charge is -2.08. The molecule has 2 aromatic rings. The van der Waals surface area contributed by atoms with Gasteiger partial charge in [-0.05, 0) is 24.3 Å². The molecule has 19 heavy (non-hydrogen) atoms. The number of nitrogens with zero attached hydrogens (tertiary/aromatic N) is 2. The molecule has 0 amide bonds. The van der Waals surface area contributed by atoms with E-state index in [4.69, 9.17) is 45.8 Å². The van der Waals surface area contributed by atoms with Crippen LogP contribution in [0.1, 0.15) is 5.69 Å². The van der Waals surface area contributed by atoms with Crippen molar-refractivity contribution >= 4 is 40.5 Å². The van der Waals surface area contributed by atoms with Gasteiger partial charge in [-0.1, -0.05) is 34.8 Å². The van der Waals surface area contributed by atoms with Gasteiger partial charge in [-0.2, -0.15) is 5.26 Å². The average Bonchev–Trinajstić information content (AvgIpc) is 2.37. The summed E-state index contributed by atoms with van der Waals surface area (Å²) in [6, 6.07) is 8.63. The van der Waals surface area contributed by atoms with Crippen molar-refractivity contribution < 1.29 is 0 Å². The number of benzene rings is 1. The summed E-state index contributed by atoms with van der Waals surface area (Å²) in [4.78, 5) is 4.33. The summed E-state index contributed by atoms with van der Waals surface area (Å²) in [7, 11) is 0. The van der Waals surface area contributed by atoms with Crippen molar-refractivity contribution in [1.29, 1.82) is 5.26 Å². The number of hydrogen-bond donors (Lipinski definition) is 1. The molecule has 0 unspecified atom stereocenters. The van der Waals surface area contributed by atoms with Crippen LogP contribution in [0, 0.1) is 11.3 Å². The molecule has 96 valence electrons. The Bertz CT molecular complexity index is 678. The molecule has 1 aromatic carbocycles. The summed E-state index contributed by atoms with van der Waals surface area (Å²) in [6.07, 6.45) is 0.138. The second kappa shape index (κ2) is 5.66. The van der Waals surface area contributed by atoms with Crippen LogP contribution in [-0.2, 0) is 6.42 Å². The Morgan fingerprint density at radius 1 is 1.11 bits per heavy atom. The van der Waals surface area contributed by atoms with Crippen LogP contribution in [0.25, 0.3) is 11.3 Å². The molecule has 0 saturated carbocycles. The maximum Gasteiger partial charge on any atom is 0.0795 e. The van der Waals surface area contributed by atoms with Crippen molar-refractivity contribution in [2.24, 2.45) is 0 Å². The third-order valence-corrected chi connectivity index (χ3v) is 3.58. The number of hydrogen-bond acceptors (Lipinski definition) is 3. The normalized spacial score (nSPS) is 10.2. The molecule has 1 aromatic heterocycles. The Labute approximate surface area is 125 Å². The molecule has 0 radical (unpaired) electrons. The van der Waals surface area contributed by atoms with Crippen LogP contribution in [-0.4, -0.2) is 4.98 Å². The minimum Gasteiger partial charge on any atom is -0.397 e. The minimum atomic E-state index is 0.138. The molecule has 0 fully saturated rings. The van der Waals surface area contributed by atoms with Crippen LogP contribution in [0.15, 0.2) is 24.3 Å². The molecule has 2 rings (SSSR count). The highest BCUT2D eigenvalue weighted by Gasteiger charge is 2.11. The van der Waals surface area contributed by atoms with E-state index in [9.17, 15) is 0 Å². The maximum absolute atomic E-state index is 8.73. The van der Waals surface area contributed by atoms with E-state index in [1.807, 2.05) is 6.07 Å². The van der Waals surface area contributed by atoms with Gasteiger partial charge in [-0.15, -0.1) is 0 Å². The van der Waals surface area contributed by atoms with Gasteiger partial charge in [0.05, 0.1) is 44.6 Å². The molecule has 0 saturated heterocycles. The van der Waals surface area contributed by atoms with E-state index < -0.39 is 0 Å². The zero-order valence-corrected chi connectivity index (χ0v) is 11.9. The summed E-state index contributed by atoms with van der Waals surface area (Å²) < 4.78 is 0. The number of halogens is 3. The molecule has 2 N–H and O–H groups in total. The van der Waals surface area contributed by atoms with Gasteiger partial charge in [0.2, 0.25) is 0 Å². The molecular weight excluding hydrogens is 305 g/mol. The lowest BCUT2D eigenvalue weighted by Crippen LogP contribution is -1.98. The van der Waals surface area contributed by atoms with Crippen molar-refractivity contribution in [3.05, 3.63) is 45.0 Å². The van der Waals surface area contributed by atoms with Crippen molar-refractivity contribution in [2.45, 2.75) is 6.42 Å². The smallest absolute Gasteiger partial charge is 0.0795 e. The van der Waals surface area contributed by atoms with Crippen LogP contribution in [0.3, 0.4) is 0 Å². The summed E-state index contributed by atoms with van der Waals surface area (Å²) in [5.74, 6) is 0. The fourth-order valence-corrected chi connectivity index (χ4v) is 2.24. The highest BCUT2D eigenvalue weighted by molar-refractivity contribution is 6.44. The van der Waals surface area contributed by atoms with Crippen LogP contribution in [0.5, 0.6) is 0 Å². The van der Waals surface area contributed by atoms with E-state index in [1.54, 1.807) is 24.3 Å². The van der Waals surface area contributed by atoms with Crippen LogP contribution < -0.4 is 5.73 Å². The molecule has 0 aliphatic rings. The molecule has 0 bridgehead atoms. The molecule has 0 aliphatic carbocycles. The zero-order chi connectivity index (χ0) is 14.0. The predicted octanol–water partition coefficient (Wildman–Crippen LogP) is 4.36. The van der Waals surface area contributed by atoms with Gasteiger partial charge in [-0.3, -0.25) is 0 Å². The first kappa shape index (κ1) is 14.0. The van der Waals surface area contributed by atoms with Gasteiger partial charge in [0.15, 0.2) is 0 Å². The average molecular weight is 313 g/mol. The Morgan fingerprint density at radius 3 is 2.47 bits per heavy atom. The van der Waals surface area contributed by atoms with Crippen molar-refractivity contribution in [1.82, 2.24) is 4.98 Å². The zero-order valence-electron chi connectivity index (χ0n) is 9.62. The summed E-state index contributed by atoms with van der Waals surface area (Å²) >= 11 is 18.0. The van der Waals surface area contributed by atoms with Crippen LogP contribution in [0.4, 0.5) is 5.69 Å². The van der Waals surface area contributed by atoms with Gasteiger partial charge in [0, 0.05) is 5.56 Å².